The van der Waals surface area contributed by atoms with E-state index in [2.05, 4.69) is 0 Å². The number of hydrogen-bond acceptors (Lipinski definition) is 3. The van der Waals surface area contributed by atoms with Gasteiger partial charge in [0.05, 0.1) is 13.5 Å². The molecule has 0 heterocycles. The van der Waals surface area contributed by atoms with Crippen molar-refractivity contribution in [3.05, 3.63) is 35.0 Å². The average Bonchev–Trinajstić information content (AvgIpc) is 2.27. The summed E-state index contributed by atoms with van der Waals surface area (Å²) in [4.78, 5) is 10.7. The zero-order chi connectivity index (χ0) is 12.0. The Bertz CT molecular complexity index is 382. The monoisotopic (exact) mass is 221 g/mol. The quantitative estimate of drug-likeness (QED) is 0.328. The van der Waals surface area contributed by atoms with Crippen LogP contribution in [0.15, 0.2) is 24.3 Å². The molecule has 0 aromatic heterocycles. The maximum atomic E-state index is 11.3. The van der Waals surface area contributed by atoms with Gasteiger partial charge in [0, 0.05) is 5.56 Å². The highest BCUT2D eigenvalue weighted by molar-refractivity contribution is 5.77. The summed E-state index contributed by atoms with van der Waals surface area (Å²) in [6.45, 7) is 1.67. The van der Waals surface area contributed by atoms with E-state index in [0.717, 1.165) is 16.1 Å². The lowest BCUT2D eigenvalue weighted by Crippen LogP contribution is -2.10. The summed E-state index contributed by atoms with van der Waals surface area (Å²) in [6, 6.07) is 7.14. The molecule has 0 saturated heterocycles. The molecule has 1 aromatic carbocycles. The Morgan fingerprint density at radius 1 is 1.44 bits per heavy atom. The molecule has 0 fully saturated rings. The van der Waals surface area contributed by atoms with Gasteiger partial charge in [-0.1, -0.05) is 0 Å². The van der Waals surface area contributed by atoms with E-state index in [0.29, 0.717) is 0 Å². The number of hydroxylamine groups is 1. The van der Waals surface area contributed by atoms with Crippen LogP contribution in [0, 0.1) is 5.21 Å². The number of Topliss-reactive ketones (excluding diaryl/α,β-unsaturated/α-hetero) is 1. The van der Waals surface area contributed by atoms with Gasteiger partial charge >= 0.3 is 0 Å². The number of ketones is 1. The van der Waals surface area contributed by atoms with Gasteiger partial charge in [-0.3, -0.25) is 4.79 Å². The molecule has 1 aromatic rings. The Kier molecular flexibility index (Phi) is 4.51. The van der Waals surface area contributed by atoms with Gasteiger partial charge in [-0.25, -0.2) is 4.74 Å². The molecule has 0 atom stereocenters. The summed E-state index contributed by atoms with van der Waals surface area (Å²) < 4.78 is 5.77. The number of benzene rings is 1. The van der Waals surface area contributed by atoms with Crippen LogP contribution in [0.25, 0.3) is 0 Å². The van der Waals surface area contributed by atoms with E-state index in [-0.39, 0.29) is 18.7 Å². The molecule has 0 radical (unpaired) electrons. The Labute approximate surface area is 94.7 Å². The van der Waals surface area contributed by atoms with E-state index in [9.17, 15) is 10.0 Å². The normalized spacial score (nSPS) is 11.2. The van der Waals surface area contributed by atoms with Gasteiger partial charge < -0.3 is 9.94 Å². The van der Waals surface area contributed by atoms with E-state index >= 15 is 0 Å². The molecule has 86 valence electrons. The fourth-order valence-corrected chi connectivity index (χ4v) is 1.19. The molecule has 0 amide bonds. The molecule has 4 nitrogen and oxygen atoms in total. The Hall–Kier alpha value is -1.84. The minimum atomic E-state index is 0.0176. The van der Waals surface area contributed by atoms with E-state index in [4.69, 9.17) is 4.74 Å². The van der Waals surface area contributed by atoms with Crippen LogP contribution in [-0.4, -0.2) is 30.4 Å². The minimum Gasteiger partial charge on any atom is -0.624 e. The second kappa shape index (κ2) is 5.90. The van der Waals surface area contributed by atoms with Crippen LogP contribution >= 0.6 is 0 Å². The number of nitrogens with zero attached hydrogens (tertiary/aromatic N) is 1. The number of carbonyl (C=O) groups is 1. The Balaban J connectivity index is 2.62. The molecule has 0 aliphatic heterocycles. The molecule has 16 heavy (non-hydrogen) atoms. The van der Waals surface area contributed by atoms with Crippen LogP contribution < -0.4 is 4.74 Å². The van der Waals surface area contributed by atoms with Crippen molar-refractivity contribution in [1.29, 1.82) is 0 Å². The molecular weight excluding hydrogens is 206 g/mol. The first kappa shape index (κ1) is 12.2. The number of hydrogen-bond donors (Lipinski definition) is 0. The maximum absolute atomic E-state index is 11.3. The third-order valence-corrected chi connectivity index (χ3v) is 2.09. The number of methoxy groups -OCH3 is 1. The Morgan fingerprint density at radius 2 is 2.06 bits per heavy atom. The zero-order valence-corrected chi connectivity index (χ0v) is 9.47. The van der Waals surface area contributed by atoms with Gasteiger partial charge in [0.15, 0.2) is 12.8 Å². The van der Waals surface area contributed by atoms with E-state index in [1.165, 1.54) is 13.1 Å². The SMILES string of the molecule is COc1ccc(/C=[N+](\[O-])CCC(C)=O)cc1. The van der Waals surface area contributed by atoms with Crippen molar-refractivity contribution < 1.29 is 14.3 Å². The molecule has 0 bridgehead atoms. The van der Waals surface area contributed by atoms with Gasteiger partial charge in [-0.05, 0) is 31.2 Å². The molecule has 0 unspecified atom stereocenters. The smallest absolute Gasteiger partial charge is 0.181 e. The second-order valence-electron chi connectivity index (χ2n) is 3.49. The third kappa shape index (κ3) is 4.13. The van der Waals surface area contributed by atoms with Gasteiger partial charge in [-0.2, -0.15) is 0 Å². The fraction of sp³-hybridized carbons (Fsp3) is 0.333. The highest BCUT2D eigenvalue weighted by Crippen LogP contribution is 2.09. The summed E-state index contributed by atoms with van der Waals surface area (Å²) in [5.74, 6) is 0.766. The van der Waals surface area contributed by atoms with Gasteiger partial charge in [0.1, 0.15) is 11.5 Å². The van der Waals surface area contributed by atoms with Crippen molar-refractivity contribution in [2.24, 2.45) is 0 Å². The van der Waals surface area contributed by atoms with Crippen molar-refractivity contribution in [1.82, 2.24) is 0 Å². The van der Waals surface area contributed by atoms with Crippen molar-refractivity contribution in [3.8, 4) is 5.75 Å². The predicted molar refractivity (Wildman–Crippen MR) is 62.0 cm³/mol. The fourth-order valence-electron chi connectivity index (χ4n) is 1.19. The molecule has 0 N–H and O–H groups in total. The molecule has 4 heteroatoms. The molecule has 0 saturated carbocycles. The van der Waals surface area contributed by atoms with Crippen LogP contribution in [0.2, 0.25) is 0 Å². The maximum Gasteiger partial charge on any atom is 0.181 e. The molecule has 0 aliphatic carbocycles. The summed E-state index contributed by atoms with van der Waals surface area (Å²) in [7, 11) is 1.59. The number of ether oxygens (including phenoxy) is 1. The van der Waals surface area contributed by atoms with Gasteiger partial charge in [-0.15, -0.1) is 0 Å². The van der Waals surface area contributed by atoms with E-state index < -0.39 is 0 Å². The summed E-state index contributed by atoms with van der Waals surface area (Å²) >= 11 is 0. The van der Waals surface area contributed by atoms with Gasteiger partial charge in [0.2, 0.25) is 0 Å². The third-order valence-electron chi connectivity index (χ3n) is 2.09. The van der Waals surface area contributed by atoms with E-state index in [1.54, 1.807) is 31.4 Å². The first-order valence-corrected chi connectivity index (χ1v) is 5.04. The predicted octanol–water partition coefficient (Wildman–Crippen LogP) is 1.60. The van der Waals surface area contributed by atoms with Crippen molar-refractivity contribution >= 4 is 12.0 Å². The first-order valence-electron chi connectivity index (χ1n) is 5.04. The molecule has 0 spiro atoms. The lowest BCUT2D eigenvalue weighted by atomic mass is 10.2. The Morgan fingerprint density at radius 3 is 2.56 bits per heavy atom. The van der Waals surface area contributed by atoms with Crippen molar-refractivity contribution in [3.63, 3.8) is 0 Å². The summed E-state index contributed by atoms with van der Waals surface area (Å²) in [6.07, 6.45) is 1.73. The van der Waals surface area contributed by atoms with Crippen molar-refractivity contribution in [2.75, 3.05) is 13.7 Å². The highest BCUT2D eigenvalue weighted by atomic mass is 16.5. The lowest BCUT2D eigenvalue weighted by Gasteiger charge is -2.03. The van der Waals surface area contributed by atoms with E-state index in [1.807, 2.05) is 0 Å². The summed E-state index contributed by atoms with van der Waals surface area (Å²) in [5.41, 5.74) is 0.791. The standard InChI is InChI=1S/C12H15NO3/c1-10(14)7-8-13(15)9-11-3-5-12(16-2)6-4-11/h3-6,9H,7-8H2,1-2H3/b13-9-. The molecule has 0 aliphatic rings. The number of rotatable bonds is 5. The van der Waals surface area contributed by atoms with Crippen LogP contribution in [0.1, 0.15) is 18.9 Å². The molecular formula is C12H15NO3. The zero-order valence-electron chi connectivity index (χ0n) is 9.47. The molecule has 1 rings (SSSR count). The summed E-state index contributed by atoms with van der Waals surface area (Å²) in [5, 5.41) is 11.3. The highest BCUT2D eigenvalue weighted by Gasteiger charge is 1.99. The lowest BCUT2D eigenvalue weighted by molar-refractivity contribution is -0.450. The first-order chi connectivity index (χ1) is 7.61. The van der Waals surface area contributed by atoms with Crippen LogP contribution in [0.3, 0.4) is 0 Å². The minimum absolute atomic E-state index is 0.0176. The average molecular weight is 221 g/mol. The topological polar surface area (TPSA) is 52.4 Å². The van der Waals surface area contributed by atoms with Crippen LogP contribution in [0.4, 0.5) is 0 Å². The van der Waals surface area contributed by atoms with Crippen LogP contribution in [-0.2, 0) is 4.79 Å². The largest absolute Gasteiger partial charge is 0.624 e. The number of carbonyl (C=O) groups excluding carboxylic acids is 1. The van der Waals surface area contributed by atoms with Gasteiger partial charge in [0.25, 0.3) is 0 Å². The second-order valence-corrected chi connectivity index (χ2v) is 3.49. The van der Waals surface area contributed by atoms with Crippen LogP contribution in [0.5, 0.6) is 5.75 Å². The van der Waals surface area contributed by atoms with Crippen molar-refractivity contribution in [2.45, 2.75) is 13.3 Å².